The summed E-state index contributed by atoms with van der Waals surface area (Å²) in [6.07, 6.45) is 0. The summed E-state index contributed by atoms with van der Waals surface area (Å²) in [7, 11) is 0. The number of nitrogens with two attached hydrogens (primary N) is 1. The zero-order valence-corrected chi connectivity index (χ0v) is 13.1. The lowest BCUT2D eigenvalue weighted by Gasteiger charge is -2.46. The average Bonchev–Trinajstić information content (AvgIpc) is 3.01. The van der Waals surface area contributed by atoms with Gasteiger partial charge in [0.1, 0.15) is 0 Å². The first kappa shape index (κ1) is 13.2. The summed E-state index contributed by atoms with van der Waals surface area (Å²) in [5.74, 6) is 1.32. The Bertz CT molecular complexity index is 665. The Hall–Kier alpha value is -1.44. The Kier molecular flexibility index (Phi) is 3.20. The van der Waals surface area contributed by atoms with Gasteiger partial charge in [-0.15, -0.1) is 0 Å². The summed E-state index contributed by atoms with van der Waals surface area (Å²) in [6.45, 7) is 5.45. The van der Waals surface area contributed by atoms with Crippen molar-refractivity contribution in [2.24, 2.45) is 0 Å². The number of rotatable bonds is 2. The molecule has 110 valence electrons. The van der Waals surface area contributed by atoms with E-state index in [1.165, 1.54) is 0 Å². The van der Waals surface area contributed by atoms with E-state index in [1.54, 1.807) is 0 Å². The highest BCUT2D eigenvalue weighted by Gasteiger charge is 2.35. The molecule has 2 N–H and O–H groups in total. The van der Waals surface area contributed by atoms with Crippen LogP contribution < -0.4 is 5.73 Å². The normalized spacial score (nSPS) is 28.0. The third kappa shape index (κ3) is 2.35. The van der Waals surface area contributed by atoms with Gasteiger partial charge in [0.2, 0.25) is 0 Å². The number of halogens is 1. The monoisotopic (exact) mass is 349 g/mol. The van der Waals surface area contributed by atoms with Gasteiger partial charge in [-0.25, -0.2) is 0 Å². The summed E-state index contributed by atoms with van der Waals surface area (Å²) < 4.78 is 6.28. The van der Waals surface area contributed by atoms with Gasteiger partial charge in [0, 0.05) is 48.4 Å². The quantitative estimate of drug-likeness (QED) is 0.833. The van der Waals surface area contributed by atoms with E-state index < -0.39 is 0 Å². The van der Waals surface area contributed by atoms with Crippen molar-refractivity contribution in [3.8, 4) is 11.5 Å². The maximum Gasteiger partial charge on any atom is 0.258 e. The summed E-state index contributed by atoms with van der Waals surface area (Å²) >= 11 is 3.42. The molecule has 6 nitrogen and oxygen atoms in total. The highest BCUT2D eigenvalue weighted by atomic mass is 79.9. The van der Waals surface area contributed by atoms with Gasteiger partial charge in [-0.1, -0.05) is 5.16 Å². The summed E-state index contributed by atoms with van der Waals surface area (Å²) in [4.78, 5) is 9.48. The number of fused-ring (bicyclic) bond motifs is 3. The van der Waals surface area contributed by atoms with Crippen LogP contribution >= 0.6 is 15.9 Å². The maximum absolute atomic E-state index is 5.80. The van der Waals surface area contributed by atoms with Crippen LogP contribution in [0.5, 0.6) is 0 Å². The third-order valence-electron chi connectivity index (χ3n) is 4.27. The molecule has 0 amide bonds. The molecule has 3 aliphatic rings. The molecule has 0 radical (unpaired) electrons. The number of hydrogen-bond acceptors (Lipinski definition) is 6. The lowest BCUT2D eigenvalue weighted by Crippen LogP contribution is -2.57. The van der Waals surface area contributed by atoms with E-state index in [9.17, 15) is 0 Å². The molecule has 3 aliphatic heterocycles. The van der Waals surface area contributed by atoms with E-state index in [1.807, 2.05) is 18.2 Å². The average molecular weight is 350 g/mol. The van der Waals surface area contributed by atoms with Crippen molar-refractivity contribution in [3.05, 3.63) is 28.5 Å². The number of hydrogen-bond donors (Lipinski definition) is 1. The summed E-state index contributed by atoms with van der Waals surface area (Å²) in [5.41, 5.74) is 7.38. The summed E-state index contributed by atoms with van der Waals surface area (Å²) in [6, 6.07) is 5.89. The molecule has 4 heterocycles. The number of aromatic nitrogens is 2. The molecule has 0 spiro atoms. The Labute approximate surface area is 131 Å². The van der Waals surface area contributed by atoms with Gasteiger partial charge in [-0.3, -0.25) is 9.80 Å². The van der Waals surface area contributed by atoms with Crippen molar-refractivity contribution < 1.29 is 4.52 Å². The van der Waals surface area contributed by atoms with Crippen LogP contribution in [-0.4, -0.2) is 52.7 Å². The second-order valence-corrected chi connectivity index (χ2v) is 6.40. The van der Waals surface area contributed by atoms with Crippen molar-refractivity contribution in [1.29, 1.82) is 0 Å². The van der Waals surface area contributed by atoms with Crippen LogP contribution in [0.15, 0.2) is 27.2 Å². The fraction of sp³-hybridized carbons (Fsp3) is 0.429. The summed E-state index contributed by atoms with van der Waals surface area (Å²) in [5, 5.41) is 4.19. The second kappa shape index (κ2) is 5.08. The van der Waals surface area contributed by atoms with E-state index in [4.69, 9.17) is 10.3 Å². The van der Waals surface area contributed by atoms with Gasteiger partial charge < -0.3 is 10.3 Å². The van der Waals surface area contributed by atoms with Crippen LogP contribution in [0, 0.1) is 0 Å². The molecule has 0 aliphatic carbocycles. The smallest absolute Gasteiger partial charge is 0.258 e. The predicted octanol–water partition coefficient (Wildman–Crippen LogP) is 1.75. The molecule has 1 atom stereocenters. The van der Waals surface area contributed by atoms with E-state index in [0.717, 1.165) is 48.6 Å². The minimum atomic E-state index is 0.252. The Morgan fingerprint density at radius 1 is 1.24 bits per heavy atom. The van der Waals surface area contributed by atoms with Crippen LogP contribution in [-0.2, 0) is 0 Å². The largest absolute Gasteiger partial charge is 0.398 e. The molecule has 5 rings (SSSR count). The fourth-order valence-corrected chi connectivity index (χ4v) is 3.39. The SMILES string of the molecule is Nc1ccc(-c2nc(C3CN4CCN3CC4)no2)cc1Br. The Balaban J connectivity index is 1.62. The van der Waals surface area contributed by atoms with E-state index in [2.05, 4.69) is 35.9 Å². The molecule has 0 saturated carbocycles. The van der Waals surface area contributed by atoms with Gasteiger partial charge in [-0.2, -0.15) is 4.98 Å². The van der Waals surface area contributed by atoms with Crippen LogP contribution in [0.3, 0.4) is 0 Å². The molecule has 7 heteroatoms. The minimum absolute atomic E-state index is 0.252. The van der Waals surface area contributed by atoms with Gasteiger partial charge in [0.05, 0.1) is 6.04 Å². The van der Waals surface area contributed by atoms with Crippen molar-refractivity contribution in [2.75, 3.05) is 38.5 Å². The molecule has 1 aromatic carbocycles. The highest BCUT2D eigenvalue weighted by molar-refractivity contribution is 9.10. The first-order valence-corrected chi connectivity index (χ1v) is 7.85. The predicted molar refractivity (Wildman–Crippen MR) is 82.6 cm³/mol. The molecule has 1 aromatic heterocycles. The second-order valence-electron chi connectivity index (χ2n) is 5.55. The fourth-order valence-electron chi connectivity index (χ4n) is 3.01. The van der Waals surface area contributed by atoms with E-state index in [0.29, 0.717) is 11.6 Å². The number of nitrogens with zero attached hydrogens (tertiary/aromatic N) is 4. The number of nitrogen functional groups attached to an aromatic ring is 1. The van der Waals surface area contributed by atoms with Crippen molar-refractivity contribution in [3.63, 3.8) is 0 Å². The third-order valence-corrected chi connectivity index (χ3v) is 4.95. The molecule has 3 fully saturated rings. The Morgan fingerprint density at radius 3 is 2.71 bits per heavy atom. The number of benzene rings is 1. The minimum Gasteiger partial charge on any atom is -0.398 e. The van der Waals surface area contributed by atoms with Crippen molar-refractivity contribution in [2.45, 2.75) is 6.04 Å². The standard InChI is InChI=1S/C14H16BrN5O/c15-10-7-9(1-2-11(10)16)14-17-13(18-21-14)12-8-19-3-5-20(12)6-4-19/h1-2,7,12H,3-6,8,16H2. The highest BCUT2D eigenvalue weighted by Crippen LogP contribution is 2.30. The van der Waals surface area contributed by atoms with Crippen LogP contribution in [0.1, 0.15) is 11.9 Å². The van der Waals surface area contributed by atoms with E-state index in [-0.39, 0.29) is 6.04 Å². The molecule has 2 aromatic rings. The first-order chi connectivity index (χ1) is 10.2. The van der Waals surface area contributed by atoms with Crippen LogP contribution in [0.4, 0.5) is 5.69 Å². The van der Waals surface area contributed by atoms with Gasteiger partial charge >= 0.3 is 0 Å². The van der Waals surface area contributed by atoms with Crippen LogP contribution in [0.25, 0.3) is 11.5 Å². The van der Waals surface area contributed by atoms with Gasteiger partial charge in [-0.05, 0) is 34.1 Å². The van der Waals surface area contributed by atoms with E-state index >= 15 is 0 Å². The van der Waals surface area contributed by atoms with Crippen LogP contribution in [0.2, 0.25) is 0 Å². The number of piperazine rings is 3. The zero-order valence-electron chi connectivity index (χ0n) is 11.5. The molecule has 1 unspecified atom stereocenters. The van der Waals surface area contributed by atoms with Gasteiger partial charge in [0.25, 0.3) is 5.89 Å². The maximum atomic E-state index is 5.80. The topological polar surface area (TPSA) is 71.4 Å². The zero-order chi connectivity index (χ0) is 14.4. The molecule has 2 bridgehead atoms. The van der Waals surface area contributed by atoms with Crippen molar-refractivity contribution in [1.82, 2.24) is 19.9 Å². The lowest BCUT2D eigenvalue weighted by molar-refractivity contribution is 0.00781. The molecular weight excluding hydrogens is 334 g/mol. The lowest BCUT2D eigenvalue weighted by atomic mass is 10.1. The van der Waals surface area contributed by atoms with Gasteiger partial charge in [0.15, 0.2) is 5.82 Å². The number of anilines is 1. The first-order valence-electron chi connectivity index (χ1n) is 7.06. The Morgan fingerprint density at radius 2 is 2.05 bits per heavy atom. The van der Waals surface area contributed by atoms with Crippen molar-refractivity contribution >= 4 is 21.6 Å². The molecule has 21 heavy (non-hydrogen) atoms. The molecular formula is C14H16BrN5O. The molecule has 3 saturated heterocycles.